The van der Waals surface area contributed by atoms with Crippen LogP contribution in [0.2, 0.25) is 0 Å². The molecular weight excluding hydrogens is 238 g/mol. The van der Waals surface area contributed by atoms with Crippen LogP contribution in [0, 0.1) is 0 Å². The zero-order chi connectivity index (χ0) is 14.1. The first-order chi connectivity index (χ1) is 8.12. The molecule has 6 heteroatoms. The summed E-state index contributed by atoms with van der Waals surface area (Å²) in [5, 5.41) is 0. The Morgan fingerprint density at radius 3 is 2.06 bits per heavy atom. The Balaban J connectivity index is 2.91. The van der Waals surface area contributed by atoms with Gasteiger partial charge in [-0.2, -0.15) is 0 Å². The molecule has 0 aromatic heterocycles. The average molecular weight is 258 g/mol. The molecule has 0 unspecified atom stereocenters. The molecule has 0 atom stereocenters. The molecule has 0 N–H and O–H groups in total. The first kappa shape index (κ1) is 15.2. The minimum atomic E-state index is -1.15. The lowest BCUT2D eigenvalue weighted by Crippen LogP contribution is -2.41. The summed E-state index contributed by atoms with van der Waals surface area (Å²) < 4.78 is 29.9. The van der Waals surface area contributed by atoms with Crippen LogP contribution >= 0.6 is 0 Å². The molecule has 1 rings (SSSR count). The lowest BCUT2D eigenvalue weighted by atomic mass is 9.85. The van der Waals surface area contributed by atoms with Crippen molar-refractivity contribution in [2.24, 2.45) is 0 Å². The van der Waals surface area contributed by atoms with Crippen LogP contribution in [-0.4, -0.2) is 30.9 Å². The third-order valence-electron chi connectivity index (χ3n) is 3.40. The number of carbonyl (C=O) groups is 1. The predicted octanol–water partition coefficient (Wildman–Crippen LogP) is 2.42. The highest BCUT2D eigenvalue weighted by molar-refractivity contribution is 6.54. The zero-order valence-electron chi connectivity index (χ0n) is 11.8. The van der Waals surface area contributed by atoms with Crippen LogP contribution in [0.5, 0.6) is 0 Å². The summed E-state index contributed by atoms with van der Waals surface area (Å²) in [6.07, 6.45) is 0. The van der Waals surface area contributed by atoms with Gasteiger partial charge in [0.05, 0.1) is 23.4 Å². The Morgan fingerprint density at radius 1 is 1.22 bits per heavy atom. The average Bonchev–Trinajstić information content (AvgIpc) is 2.46. The molecule has 1 aliphatic rings. The molecule has 1 heterocycles. The zero-order valence-corrected chi connectivity index (χ0v) is 11.8. The molecule has 0 aromatic rings. The molecule has 4 nitrogen and oxygen atoms in total. The van der Waals surface area contributed by atoms with Crippen LogP contribution in [0.25, 0.3) is 0 Å². The van der Waals surface area contributed by atoms with E-state index in [1.807, 2.05) is 27.7 Å². The number of carbonyl (C=O) groups excluding carboxylic acids is 1. The van der Waals surface area contributed by atoms with E-state index in [2.05, 4.69) is 0 Å². The molecule has 0 radical (unpaired) electrons. The Hall–Kier alpha value is -0.875. The highest BCUT2D eigenvalue weighted by Crippen LogP contribution is 2.39. The van der Waals surface area contributed by atoms with E-state index < -0.39 is 30.0 Å². The monoisotopic (exact) mass is 258 g/mol. The van der Waals surface area contributed by atoms with Gasteiger partial charge in [-0.3, -0.25) is 0 Å². The van der Waals surface area contributed by atoms with Crippen LogP contribution in [0.4, 0.5) is 4.39 Å². The van der Waals surface area contributed by atoms with Crippen molar-refractivity contribution in [1.82, 2.24) is 0 Å². The van der Waals surface area contributed by atoms with Crippen molar-refractivity contribution in [3.05, 3.63) is 11.3 Å². The van der Waals surface area contributed by atoms with Gasteiger partial charge in [0.1, 0.15) is 5.73 Å². The lowest BCUT2D eigenvalue weighted by molar-refractivity contribution is -0.138. The SMILES string of the molecule is CCOC(=O)C(C)=C(F)B1OC(C)(C)C(C)(C)O1. The molecule has 0 bridgehead atoms. The topological polar surface area (TPSA) is 44.8 Å². The second-order valence-electron chi connectivity index (χ2n) is 5.28. The minimum Gasteiger partial charge on any atom is -0.463 e. The smallest absolute Gasteiger partial charge is 0.463 e. The van der Waals surface area contributed by atoms with Gasteiger partial charge in [-0.25, -0.2) is 9.18 Å². The number of hydrogen-bond donors (Lipinski definition) is 0. The van der Waals surface area contributed by atoms with Gasteiger partial charge in [0, 0.05) is 0 Å². The molecule has 1 saturated heterocycles. The van der Waals surface area contributed by atoms with E-state index in [9.17, 15) is 9.18 Å². The van der Waals surface area contributed by atoms with Gasteiger partial charge < -0.3 is 14.0 Å². The molecule has 0 aliphatic carbocycles. The maximum absolute atomic E-state index is 14.1. The van der Waals surface area contributed by atoms with Crippen molar-refractivity contribution in [3.63, 3.8) is 0 Å². The van der Waals surface area contributed by atoms with Crippen molar-refractivity contribution in [2.45, 2.75) is 52.7 Å². The van der Waals surface area contributed by atoms with E-state index >= 15 is 0 Å². The number of rotatable bonds is 3. The molecule has 0 amide bonds. The van der Waals surface area contributed by atoms with E-state index in [1.165, 1.54) is 6.92 Å². The summed E-state index contributed by atoms with van der Waals surface area (Å²) in [4.78, 5) is 11.4. The second kappa shape index (κ2) is 5.01. The maximum Gasteiger partial charge on any atom is 0.525 e. The fourth-order valence-corrected chi connectivity index (χ4v) is 1.46. The van der Waals surface area contributed by atoms with E-state index in [-0.39, 0.29) is 12.2 Å². The van der Waals surface area contributed by atoms with Crippen LogP contribution in [0.3, 0.4) is 0 Å². The summed E-state index contributed by atoms with van der Waals surface area (Å²) in [5.74, 6) is -0.690. The van der Waals surface area contributed by atoms with E-state index in [1.54, 1.807) is 6.92 Å². The molecule has 0 aromatic carbocycles. The van der Waals surface area contributed by atoms with Crippen molar-refractivity contribution >= 4 is 13.1 Å². The Bertz CT molecular complexity index is 360. The molecular formula is C12H20BFO4. The number of hydrogen-bond acceptors (Lipinski definition) is 4. The molecule has 18 heavy (non-hydrogen) atoms. The second-order valence-corrected chi connectivity index (χ2v) is 5.28. The Kier molecular flexibility index (Phi) is 4.23. The summed E-state index contributed by atoms with van der Waals surface area (Å²) in [7, 11) is -1.15. The Labute approximate surface area is 108 Å². The summed E-state index contributed by atoms with van der Waals surface area (Å²) in [5.41, 5.74) is -2.11. The lowest BCUT2D eigenvalue weighted by Gasteiger charge is -2.32. The van der Waals surface area contributed by atoms with E-state index in [0.717, 1.165) is 0 Å². The molecule has 0 spiro atoms. The minimum absolute atomic E-state index is 0.115. The van der Waals surface area contributed by atoms with Gasteiger partial charge >= 0.3 is 13.1 Å². The first-order valence-electron chi connectivity index (χ1n) is 6.01. The molecule has 1 aliphatic heterocycles. The van der Waals surface area contributed by atoms with Gasteiger partial charge in [-0.15, -0.1) is 0 Å². The number of halogens is 1. The van der Waals surface area contributed by atoms with Crippen molar-refractivity contribution in [1.29, 1.82) is 0 Å². The van der Waals surface area contributed by atoms with E-state index in [4.69, 9.17) is 14.0 Å². The third kappa shape index (κ3) is 2.75. The quantitative estimate of drug-likeness (QED) is 0.443. The summed E-state index contributed by atoms with van der Waals surface area (Å²) in [6, 6.07) is 0. The van der Waals surface area contributed by atoms with Crippen LogP contribution in [-0.2, 0) is 18.8 Å². The summed E-state index contributed by atoms with van der Waals surface area (Å²) in [6.45, 7) is 10.5. The summed E-state index contributed by atoms with van der Waals surface area (Å²) >= 11 is 0. The van der Waals surface area contributed by atoms with Crippen molar-refractivity contribution in [3.8, 4) is 0 Å². The third-order valence-corrected chi connectivity index (χ3v) is 3.40. The predicted molar refractivity (Wildman–Crippen MR) is 66.5 cm³/mol. The largest absolute Gasteiger partial charge is 0.525 e. The molecule has 0 saturated carbocycles. The van der Waals surface area contributed by atoms with Crippen LogP contribution in [0.15, 0.2) is 11.3 Å². The fraction of sp³-hybridized carbons (Fsp3) is 0.750. The van der Waals surface area contributed by atoms with Crippen LogP contribution in [0.1, 0.15) is 41.5 Å². The van der Waals surface area contributed by atoms with Gasteiger partial charge in [0.15, 0.2) is 0 Å². The molecule has 1 fully saturated rings. The van der Waals surface area contributed by atoms with Gasteiger partial charge in [0.2, 0.25) is 0 Å². The maximum atomic E-state index is 14.1. The van der Waals surface area contributed by atoms with Gasteiger partial charge in [-0.1, -0.05) is 0 Å². The normalized spacial score (nSPS) is 22.7. The van der Waals surface area contributed by atoms with Crippen molar-refractivity contribution in [2.75, 3.05) is 6.61 Å². The van der Waals surface area contributed by atoms with Crippen LogP contribution < -0.4 is 0 Å². The number of ether oxygens (including phenoxy) is 1. The highest BCUT2D eigenvalue weighted by atomic mass is 19.1. The fourth-order valence-electron chi connectivity index (χ4n) is 1.46. The molecule has 102 valence electrons. The highest BCUT2D eigenvalue weighted by Gasteiger charge is 2.53. The van der Waals surface area contributed by atoms with E-state index in [0.29, 0.717) is 0 Å². The van der Waals surface area contributed by atoms with Gasteiger partial charge in [-0.05, 0) is 41.5 Å². The standard InChI is InChI=1S/C12H20BFO4/c1-7-16-10(15)8(2)9(14)13-17-11(3,4)12(5,6)18-13/h7H2,1-6H3. The van der Waals surface area contributed by atoms with Crippen molar-refractivity contribution < 1.29 is 23.2 Å². The van der Waals surface area contributed by atoms with Gasteiger partial charge in [0.25, 0.3) is 0 Å². The first-order valence-corrected chi connectivity index (χ1v) is 6.01. The number of esters is 1. The Morgan fingerprint density at radius 2 is 1.67 bits per heavy atom.